The predicted molar refractivity (Wildman–Crippen MR) is 169 cm³/mol. The van der Waals surface area contributed by atoms with Crippen LogP contribution in [0.5, 0.6) is 5.75 Å². The number of anilines is 3. The van der Waals surface area contributed by atoms with E-state index in [0.717, 1.165) is 45.3 Å². The van der Waals surface area contributed by atoms with Crippen molar-refractivity contribution in [2.24, 2.45) is 0 Å². The minimum atomic E-state index is 0.250. The van der Waals surface area contributed by atoms with Crippen molar-refractivity contribution >= 4 is 17.3 Å². The molecule has 4 nitrogen and oxygen atoms in total. The molecule has 0 aliphatic rings. The number of para-hydroxylation sites is 2. The van der Waals surface area contributed by atoms with Gasteiger partial charge in [0.15, 0.2) is 0 Å². The van der Waals surface area contributed by atoms with E-state index in [1.807, 2.05) is 72.8 Å². The number of nitrogens with zero attached hydrogens (tertiary/aromatic N) is 3. The van der Waals surface area contributed by atoms with E-state index in [1.165, 1.54) is 22.3 Å². The molecular weight excluding hydrogens is 502 g/mol. The molecule has 0 bridgehead atoms. The number of hydrogen-bond acceptors (Lipinski definition) is 4. The number of rotatable bonds is 6. The van der Waals surface area contributed by atoms with Crippen molar-refractivity contribution in [3.63, 3.8) is 0 Å². The van der Waals surface area contributed by atoms with Crippen LogP contribution >= 0.6 is 0 Å². The molecule has 0 unspecified atom stereocenters. The molecule has 0 saturated carbocycles. The van der Waals surface area contributed by atoms with Gasteiger partial charge in [0, 0.05) is 23.0 Å². The first-order chi connectivity index (χ1) is 20.0. The first-order valence-corrected chi connectivity index (χ1v) is 13.7. The van der Waals surface area contributed by atoms with Gasteiger partial charge in [0.1, 0.15) is 17.4 Å². The summed E-state index contributed by atoms with van der Waals surface area (Å²) in [5.41, 5.74) is 10.5. The van der Waals surface area contributed by atoms with E-state index in [4.69, 9.17) is 4.98 Å². The summed E-state index contributed by atoms with van der Waals surface area (Å²) in [5, 5.41) is 10.8. The van der Waals surface area contributed by atoms with Gasteiger partial charge in [-0.15, -0.1) is 0 Å². The second-order valence-electron chi connectivity index (χ2n) is 10.3. The molecule has 4 aromatic carbocycles. The molecule has 200 valence electrons. The molecular formula is C37H31N3O. The largest absolute Gasteiger partial charge is 0.507 e. The Kier molecular flexibility index (Phi) is 7.05. The number of pyridine rings is 2. The summed E-state index contributed by atoms with van der Waals surface area (Å²) in [6.45, 7) is 6.44. The Bertz CT molecular complexity index is 1770. The van der Waals surface area contributed by atoms with Gasteiger partial charge in [0.05, 0.1) is 5.69 Å². The van der Waals surface area contributed by atoms with E-state index in [-0.39, 0.29) is 5.75 Å². The average Bonchev–Trinajstić information content (AvgIpc) is 2.98. The molecule has 0 spiro atoms. The van der Waals surface area contributed by atoms with E-state index in [0.29, 0.717) is 0 Å². The Morgan fingerprint density at radius 3 is 1.98 bits per heavy atom. The Morgan fingerprint density at radius 1 is 0.585 bits per heavy atom. The summed E-state index contributed by atoms with van der Waals surface area (Å²) >= 11 is 0. The van der Waals surface area contributed by atoms with E-state index in [1.54, 1.807) is 12.3 Å². The van der Waals surface area contributed by atoms with Crippen LogP contribution in [0.4, 0.5) is 17.3 Å². The second-order valence-corrected chi connectivity index (χ2v) is 10.3. The fourth-order valence-electron chi connectivity index (χ4n) is 5.58. The molecule has 0 atom stereocenters. The Morgan fingerprint density at radius 2 is 1.24 bits per heavy atom. The van der Waals surface area contributed by atoms with Crippen LogP contribution in [0, 0.1) is 20.8 Å². The van der Waals surface area contributed by atoms with Gasteiger partial charge in [-0.2, -0.15) is 0 Å². The summed E-state index contributed by atoms with van der Waals surface area (Å²) in [6.07, 6.45) is 1.80. The molecule has 0 saturated heterocycles. The number of aromatic nitrogens is 2. The third kappa shape index (κ3) is 5.32. The van der Waals surface area contributed by atoms with Gasteiger partial charge in [-0.1, -0.05) is 66.2 Å². The van der Waals surface area contributed by atoms with Crippen LogP contribution < -0.4 is 4.90 Å². The van der Waals surface area contributed by atoms with Crippen LogP contribution in [0.15, 0.2) is 128 Å². The zero-order valence-electron chi connectivity index (χ0n) is 23.4. The maximum atomic E-state index is 10.8. The van der Waals surface area contributed by atoms with Crippen LogP contribution in [0.3, 0.4) is 0 Å². The predicted octanol–water partition coefficient (Wildman–Crippen LogP) is 9.58. The highest BCUT2D eigenvalue weighted by atomic mass is 16.3. The van der Waals surface area contributed by atoms with Crippen molar-refractivity contribution in [3.05, 3.63) is 144 Å². The Balaban J connectivity index is 1.55. The van der Waals surface area contributed by atoms with Crippen LogP contribution in [0.1, 0.15) is 16.7 Å². The second kappa shape index (κ2) is 11.1. The SMILES string of the molecule is Cc1cc(C)c(-c2cc(-c3cccc(N(c4ccccc4)c4ccccn4)n3)cc(-c3ccccc3O)c2)c(C)c1. The number of phenolic OH excluding ortho intramolecular Hbond substituents is 1. The number of aromatic hydroxyl groups is 1. The maximum Gasteiger partial charge on any atom is 0.139 e. The van der Waals surface area contributed by atoms with Crippen molar-refractivity contribution in [3.8, 4) is 39.3 Å². The summed E-state index contributed by atoms with van der Waals surface area (Å²) in [7, 11) is 0. The highest BCUT2D eigenvalue weighted by molar-refractivity contribution is 5.84. The first kappa shape index (κ1) is 26.0. The molecule has 2 aromatic heterocycles. The fourth-order valence-corrected chi connectivity index (χ4v) is 5.58. The van der Waals surface area contributed by atoms with Gasteiger partial charge < -0.3 is 5.11 Å². The number of aryl methyl sites for hydroxylation is 3. The molecule has 0 radical (unpaired) electrons. The van der Waals surface area contributed by atoms with Crippen LogP contribution in [-0.2, 0) is 0 Å². The van der Waals surface area contributed by atoms with Gasteiger partial charge in [-0.3, -0.25) is 4.90 Å². The maximum absolute atomic E-state index is 10.8. The monoisotopic (exact) mass is 533 g/mol. The fraction of sp³-hybridized carbons (Fsp3) is 0.0811. The topological polar surface area (TPSA) is 49.2 Å². The van der Waals surface area contributed by atoms with E-state index in [9.17, 15) is 5.11 Å². The van der Waals surface area contributed by atoms with Gasteiger partial charge in [0.25, 0.3) is 0 Å². The van der Waals surface area contributed by atoms with Gasteiger partial charge in [-0.05, 0) is 109 Å². The van der Waals surface area contributed by atoms with Gasteiger partial charge in [-0.25, -0.2) is 9.97 Å². The number of benzene rings is 4. The number of hydrogen-bond donors (Lipinski definition) is 1. The lowest BCUT2D eigenvalue weighted by atomic mass is 9.89. The standard InChI is InChI=1S/C37H31N3O/c1-25-20-26(2)37(27(3)21-25)30-23-28(32-14-7-8-16-34(32)41)22-29(24-30)33-15-11-18-36(39-33)40(31-12-5-4-6-13-31)35-17-9-10-19-38-35/h4-24,41H,1-3H3. The third-order valence-corrected chi connectivity index (χ3v) is 7.27. The molecule has 1 N–H and O–H groups in total. The molecule has 41 heavy (non-hydrogen) atoms. The highest BCUT2D eigenvalue weighted by Crippen LogP contribution is 2.39. The molecule has 0 fully saturated rings. The van der Waals surface area contributed by atoms with Crippen molar-refractivity contribution in [2.75, 3.05) is 4.90 Å². The van der Waals surface area contributed by atoms with Crippen molar-refractivity contribution in [1.82, 2.24) is 9.97 Å². The van der Waals surface area contributed by atoms with E-state index >= 15 is 0 Å². The zero-order chi connectivity index (χ0) is 28.3. The van der Waals surface area contributed by atoms with Crippen LogP contribution in [0.25, 0.3) is 33.5 Å². The lowest BCUT2D eigenvalue weighted by Crippen LogP contribution is -2.13. The van der Waals surface area contributed by atoms with Crippen LogP contribution in [-0.4, -0.2) is 15.1 Å². The Labute approximate surface area is 241 Å². The summed E-state index contributed by atoms with van der Waals surface area (Å²) in [5.74, 6) is 1.81. The molecule has 6 aromatic rings. The minimum Gasteiger partial charge on any atom is -0.507 e. The smallest absolute Gasteiger partial charge is 0.139 e. The average molecular weight is 534 g/mol. The lowest BCUT2D eigenvalue weighted by molar-refractivity contribution is 0.477. The molecule has 0 aliphatic heterocycles. The normalized spacial score (nSPS) is 10.9. The Hall–Kier alpha value is -5.22. The van der Waals surface area contributed by atoms with Crippen molar-refractivity contribution < 1.29 is 5.11 Å². The zero-order valence-corrected chi connectivity index (χ0v) is 23.4. The molecule has 0 amide bonds. The van der Waals surface area contributed by atoms with Crippen molar-refractivity contribution in [1.29, 1.82) is 0 Å². The molecule has 6 rings (SSSR count). The van der Waals surface area contributed by atoms with E-state index < -0.39 is 0 Å². The third-order valence-electron chi connectivity index (χ3n) is 7.27. The first-order valence-electron chi connectivity index (χ1n) is 13.7. The van der Waals surface area contributed by atoms with Gasteiger partial charge >= 0.3 is 0 Å². The summed E-state index contributed by atoms with van der Waals surface area (Å²) < 4.78 is 0. The van der Waals surface area contributed by atoms with Crippen LogP contribution in [0.2, 0.25) is 0 Å². The molecule has 0 aliphatic carbocycles. The molecule has 4 heteroatoms. The number of phenols is 1. The highest BCUT2D eigenvalue weighted by Gasteiger charge is 2.17. The molecule has 2 heterocycles. The lowest BCUT2D eigenvalue weighted by Gasteiger charge is -2.23. The summed E-state index contributed by atoms with van der Waals surface area (Å²) in [4.78, 5) is 11.9. The van der Waals surface area contributed by atoms with Crippen molar-refractivity contribution in [2.45, 2.75) is 20.8 Å². The van der Waals surface area contributed by atoms with Gasteiger partial charge in [0.2, 0.25) is 0 Å². The quantitative estimate of drug-likeness (QED) is 0.232. The summed E-state index contributed by atoms with van der Waals surface area (Å²) in [6, 6.07) is 40.5. The van der Waals surface area contributed by atoms with E-state index in [2.05, 4.69) is 73.1 Å². The minimum absolute atomic E-state index is 0.250.